The van der Waals surface area contributed by atoms with E-state index in [0.717, 1.165) is 0 Å². The first-order chi connectivity index (χ1) is 6.85. The molecule has 0 saturated carbocycles. The normalized spacial score (nSPS) is 12.1. The van der Waals surface area contributed by atoms with Gasteiger partial charge in [0.15, 0.2) is 0 Å². The summed E-state index contributed by atoms with van der Waals surface area (Å²) in [5.74, 6) is 0. The molecule has 0 bridgehead atoms. The average molecular weight is 196 g/mol. The van der Waals surface area contributed by atoms with Crippen LogP contribution >= 0.6 is 0 Å². The van der Waals surface area contributed by atoms with E-state index in [0.29, 0.717) is 0 Å². The Kier molecular flexibility index (Phi) is 10.6. The molecule has 0 amide bonds. The second-order valence-electron chi connectivity index (χ2n) is 4.17. The molecule has 0 rings (SSSR count). The first kappa shape index (κ1) is 13.7. The van der Waals surface area contributed by atoms with Crippen molar-refractivity contribution < 1.29 is 0 Å². The summed E-state index contributed by atoms with van der Waals surface area (Å²) in [5.41, 5.74) is 1.68. The molecule has 0 atom stereocenters. The van der Waals surface area contributed by atoms with Crippen LogP contribution in [0.25, 0.3) is 0 Å². The Morgan fingerprint density at radius 2 is 1.57 bits per heavy atom. The second-order valence-corrected chi connectivity index (χ2v) is 4.17. The smallest absolute Gasteiger partial charge is 0.0320 e. The molecule has 0 unspecified atom stereocenters. The number of allylic oxidation sites excluding steroid dienone is 2. The lowest BCUT2D eigenvalue weighted by molar-refractivity contribution is 0.625. The highest BCUT2D eigenvalue weighted by molar-refractivity contribution is 5.00. The lowest BCUT2D eigenvalue weighted by Crippen LogP contribution is -1.84. The summed E-state index contributed by atoms with van der Waals surface area (Å²) in [6, 6.07) is 0. The van der Waals surface area contributed by atoms with Gasteiger partial charge in [-0.15, -0.1) is 0 Å². The lowest BCUT2D eigenvalue weighted by Gasteiger charge is -2.04. The molecule has 14 heavy (non-hydrogen) atoms. The molecule has 0 aliphatic rings. The van der Waals surface area contributed by atoms with Crippen LogP contribution < -0.4 is 0 Å². The molecule has 0 spiro atoms. The molecule has 84 valence electrons. The van der Waals surface area contributed by atoms with Gasteiger partial charge in [0.25, 0.3) is 0 Å². The van der Waals surface area contributed by atoms with E-state index < -0.39 is 0 Å². The van der Waals surface area contributed by atoms with E-state index in [2.05, 4.69) is 26.8 Å². The Hall–Kier alpha value is -0.260. The van der Waals surface area contributed by atoms with E-state index in [1.807, 2.05) is 0 Å². The van der Waals surface area contributed by atoms with Crippen LogP contribution in [0.2, 0.25) is 0 Å². The molecule has 0 aromatic heterocycles. The lowest BCUT2D eigenvalue weighted by atomic mass is 10.0. The Morgan fingerprint density at radius 1 is 0.857 bits per heavy atom. The minimum absolute atomic E-state index is 1.26. The highest BCUT2D eigenvalue weighted by Crippen LogP contribution is 2.14. The Labute approximate surface area is 90.8 Å². The minimum Gasteiger partial charge on any atom is -0.0854 e. The molecule has 0 aliphatic carbocycles. The molecule has 0 N–H and O–H groups in total. The van der Waals surface area contributed by atoms with Crippen molar-refractivity contribution in [2.24, 2.45) is 0 Å². The second kappa shape index (κ2) is 10.8. The zero-order valence-corrected chi connectivity index (χ0v) is 10.4. The van der Waals surface area contributed by atoms with Crippen molar-refractivity contribution in [2.45, 2.75) is 78.6 Å². The zero-order valence-electron chi connectivity index (χ0n) is 10.4. The van der Waals surface area contributed by atoms with Crippen molar-refractivity contribution >= 4 is 0 Å². The van der Waals surface area contributed by atoms with Crippen molar-refractivity contribution in [3.63, 3.8) is 0 Å². The topological polar surface area (TPSA) is 0 Å². The van der Waals surface area contributed by atoms with Gasteiger partial charge in [-0.1, -0.05) is 64.5 Å². The van der Waals surface area contributed by atoms with Crippen molar-refractivity contribution in [1.29, 1.82) is 0 Å². The van der Waals surface area contributed by atoms with Gasteiger partial charge < -0.3 is 0 Å². The molecule has 0 aliphatic heterocycles. The predicted octanol–water partition coefficient (Wildman–Crippen LogP) is 5.48. The van der Waals surface area contributed by atoms with Gasteiger partial charge in [-0.25, -0.2) is 0 Å². The third kappa shape index (κ3) is 8.34. The molecule has 0 heteroatoms. The van der Waals surface area contributed by atoms with Gasteiger partial charge in [0.2, 0.25) is 0 Å². The van der Waals surface area contributed by atoms with Gasteiger partial charge in [0, 0.05) is 0 Å². The summed E-state index contributed by atoms with van der Waals surface area (Å²) in [6.07, 6.45) is 14.7. The van der Waals surface area contributed by atoms with Crippen LogP contribution in [0.3, 0.4) is 0 Å². The van der Waals surface area contributed by atoms with Gasteiger partial charge in [-0.05, 0) is 25.7 Å². The van der Waals surface area contributed by atoms with Crippen molar-refractivity contribution in [2.75, 3.05) is 0 Å². The van der Waals surface area contributed by atoms with Crippen LogP contribution in [0.5, 0.6) is 0 Å². The average Bonchev–Trinajstić information content (AvgIpc) is 2.22. The molecule has 0 radical (unpaired) electrons. The highest BCUT2D eigenvalue weighted by atomic mass is 14.0. The SMILES string of the molecule is CCCC=C(CC)CCCCCCC. The molecule has 0 saturated heterocycles. The first-order valence-corrected chi connectivity index (χ1v) is 6.53. The van der Waals surface area contributed by atoms with Gasteiger partial charge >= 0.3 is 0 Å². The number of hydrogen-bond acceptors (Lipinski definition) is 0. The quantitative estimate of drug-likeness (QED) is 0.338. The molecule has 0 nitrogen and oxygen atoms in total. The summed E-state index contributed by atoms with van der Waals surface area (Å²) < 4.78 is 0. The van der Waals surface area contributed by atoms with E-state index >= 15 is 0 Å². The van der Waals surface area contributed by atoms with Crippen LogP contribution in [-0.4, -0.2) is 0 Å². The van der Waals surface area contributed by atoms with Crippen LogP contribution in [0.1, 0.15) is 78.6 Å². The maximum atomic E-state index is 2.46. The number of hydrogen-bond donors (Lipinski definition) is 0. The summed E-state index contributed by atoms with van der Waals surface area (Å²) in [5, 5.41) is 0. The minimum atomic E-state index is 1.26. The third-order valence-electron chi connectivity index (χ3n) is 2.78. The van der Waals surface area contributed by atoms with Gasteiger partial charge in [0.1, 0.15) is 0 Å². The predicted molar refractivity (Wildman–Crippen MR) is 66.7 cm³/mol. The van der Waals surface area contributed by atoms with Crippen LogP contribution in [0, 0.1) is 0 Å². The molecule has 0 aromatic carbocycles. The highest BCUT2D eigenvalue weighted by Gasteiger charge is 1.94. The van der Waals surface area contributed by atoms with Crippen LogP contribution in [0.15, 0.2) is 11.6 Å². The van der Waals surface area contributed by atoms with E-state index in [1.54, 1.807) is 5.57 Å². The zero-order chi connectivity index (χ0) is 10.6. The van der Waals surface area contributed by atoms with Crippen molar-refractivity contribution in [3.05, 3.63) is 11.6 Å². The van der Waals surface area contributed by atoms with Gasteiger partial charge in [-0.3, -0.25) is 0 Å². The summed E-state index contributed by atoms with van der Waals surface area (Å²) >= 11 is 0. The molecule has 0 heterocycles. The summed E-state index contributed by atoms with van der Waals surface area (Å²) in [4.78, 5) is 0. The summed E-state index contributed by atoms with van der Waals surface area (Å²) in [7, 11) is 0. The Bertz CT molecular complexity index is 133. The Balaban J connectivity index is 3.42. The largest absolute Gasteiger partial charge is 0.0854 e. The first-order valence-electron chi connectivity index (χ1n) is 6.53. The standard InChI is InChI=1S/C14H28/c1-4-7-9-10-11-13-14(6-3)12-8-5-2/h12H,4-11,13H2,1-3H3. The fourth-order valence-corrected chi connectivity index (χ4v) is 1.73. The number of rotatable bonds is 9. The molecule has 0 fully saturated rings. The van der Waals surface area contributed by atoms with Crippen LogP contribution in [0.4, 0.5) is 0 Å². The van der Waals surface area contributed by atoms with E-state index in [1.165, 1.54) is 57.8 Å². The van der Waals surface area contributed by atoms with Crippen LogP contribution in [-0.2, 0) is 0 Å². The van der Waals surface area contributed by atoms with Gasteiger partial charge in [-0.2, -0.15) is 0 Å². The third-order valence-corrected chi connectivity index (χ3v) is 2.78. The van der Waals surface area contributed by atoms with E-state index in [4.69, 9.17) is 0 Å². The van der Waals surface area contributed by atoms with E-state index in [9.17, 15) is 0 Å². The number of unbranched alkanes of at least 4 members (excludes halogenated alkanes) is 5. The maximum Gasteiger partial charge on any atom is -0.0320 e. The monoisotopic (exact) mass is 196 g/mol. The van der Waals surface area contributed by atoms with Gasteiger partial charge in [0.05, 0.1) is 0 Å². The van der Waals surface area contributed by atoms with Crippen molar-refractivity contribution in [1.82, 2.24) is 0 Å². The van der Waals surface area contributed by atoms with E-state index in [-0.39, 0.29) is 0 Å². The fourth-order valence-electron chi connectivity index (χ4n) is 1.73. The maximum absolute atomic E-state index is 2.46. The fraction of sp³-hybridized carbons (Fsp3) is 0.857. The molecular weight excluding hydrogens is 168 g/mol. The Morgan fingerprint density at radius 3 is 2.14 bits per heavy atom. The summed E-state index contributed by atoms with van der Waals surface area (Å²) in [6.45, 7) is 6.82. The molecular formula is C14H28. The van der Waals surface area contributed by atoms with Crippen molar-refractivity contribution in [3.8, 4) is 0 Å². The molecule has 0 aromatic rings.